The molecule has 0 bridgehead atoms. The van der Waals surface area contributed by atoms with Crippen LogP contribution in [0.2, 0.25) is 0 Å². The molecule has 3 aromatic rings. The van der Waals surface area contributed by atoms with Gasteiger partial charge in [0.1, 0.15) is 17.0 Å². The first-order valence-electron chi connectivity index (χ1n) is 6.91. The zero-order valence-corrected chi connectivity index (χ0v) is 13.3. The minimum Gasteiger partial charge on any atom is -0.365 e. The average molecular weight is 318 g/mol. The van der Waals surface area contributed by atoms with Gasteiger partial charge in [-0.25, -0.2) is 9.97 Å². The van der Waals surface area contributed by atoms with Gasteiger partial charge in [-0.05, 0) is 23.6 Å². The van der Waals surface area contributed by atoms with Crippen molar-refractivity contribution in [3.63, 3.8) is 0 Å². The maximum Gasteiger partial charge on any atom is 0.138 e. The van der Waals surface area contributed by atoms with Crippen LogP contribution in [-0.2, 0) is 18.8 Å². The van der Waals surface area contributed by atoms with E-state index in [2.05, 4.69) is 40.4 Å². The maximum atomic E-state index is 5.87. The Bertz CT molecular complexity index is 754. The molecule has 1 N–H and O–H groups in total. The van der Waals surface area contributed by atoms with Crippen LogP contribution >= 0.6 is 22.9 Å². The summed E-state index contributed by atoms with van der Waals surface area (Å²) in [5.41, 5.74) is 2.33. The number of hydrogen-bond acceptors (Lipinski definition) is 4. The number of alkyl halides is 1. The molecule has 1 aromatic carbocycles. The highest BCUT2D eigenvalue weighted by molar-refractivity contribution is 7.18. The van der Waals surface area contributed by atoms with E-state index in [1.165, 1.54) is 10.4 Å². The molecule has 0 aliphatic heterocycles. The van der Waals surface area contributed by atoms with Crippen molar-refractivity contribution >= 4 is 39.0 Å². The molecule has 2 heterocycles. The van der Waals surface area contributed by atoms with Crippen LogP contribution in [0, 0.1) is 0 Å². The normalized spacial score (nSPS) is 11.0. The van der Waals surface area contributed by atoms with E-state index >= 15 is 0 Å². The predicted octanol–water partition coefficient (Wildman–Crippen LogP) is 4.60. The van der Waals surface area contributed by atoms with Crippen LogP contribution in [-0.4, -0.2) is 9.97 Å². The van der Waals surface area contributed by atoms with Gasteiger partial charge in [0, 0.05) is 17.3 Å². The first kappa shape index (κ1) is 14.3. The molecule has 21 heavy (non-hydrogen) atoms. The summed E-state index contributed by atoms with van der Waals surface area (Å²) in [6.45, 7) is 2.89. The number of nitrogens with zero attached hydrogens (tertiary/aromatic N) is 2. The zero-order chi connectivity index (χ0) is 14.7. The average Bonchev–Trinajstić information content (AvgIpc) is 2.97. The summed E-state index contributed by atoms with van der Waals surface area (Å²) in [6, 6.07) is 10.4. The Morgan fingerprint density at radius 1 is 1.19 bits per heavy atom. The summed E-state index contributed by atoms with van der Waals surface area (Å²) in [7, 11) is 0. The van der Waals surface area contributed by atoms with Gasteiger partial charge < -0.3 is 5.32 Å². The molecule has 0 unspecified atom stereocenters. The Morgan fingerprint density at radius 2 is 2.05 bits per heavy atom. The van der Waals surface area contributed by atoms with Gasteiger partial charge in [-0.2, -0.15) is 0 Å². The van der Waals surface area contributed by atoms with Crippen molar-refractivity contribution in [2.75, 3.05) is 5.32 Å². The van der Waals surface area contributed by atoms with Crippen molar-refractivity contribution in [2.45, 2.75) is 25.8 Å². The second kappa shape index (κ2) is 6.41. The second-order valence-corrected chi connectivity index (χ2v) is 6.20. The molecule has 3 rings (SSSR count). The molecule has 0 radical (unpaired) electrons. The molecular weight excluding hydrogens is 302 g/mol. The van der Waals surface area contributed by atoms with Crippen LogP contribution in [0.1, 0.15) is 22.9 Å². The molecule has 0 atom stereocenters. The van der Waals surface area contributed by atoms with E-state index in [0.717, 1.165) is 34.6 Å². The molecule has 2 aromatic heterocycles. The van der Waals surface area contributed by atoms with Crippen molar-refractivity contribution in [1.29, 1.82) is 0 Å². The van der Waals surface area contributed by atoms with Crippen LogP contribution < -0.4 is 5.32 Å². The van der Waals surface area contributed by atoms with Crippen molar-refractivity contribution < 1.29 is 0 Å². The van der Waals surface area contributed by atoms with Crippen molar-refractivity contribution in [2.24, 2.45) is 0 Å². The number of nitrogens with one attached hydrogen (secondary N) is 1. The van der Waals surface area contributed by atoms with E-state index in [-0.39, 0.29) is 0 Å². The molecule has 0 amide bonds. The topological polar surface area (TPSA) is 37.8 Å². The fraction of sp³-hybridized carbons (Fsp3) is 0.250. The summed E-state index contributed by atoms with van der Waals surface area (Å²) < 4.78 is 0. The van der Waals surface area contributed by atoms with E-state index in [9.17, 15) is 0 Å². The molecule has 0 saturated carbocycles. The number of anilines is 1. The zero-order valence-electron chi connectivity index (χ0n) is 11.8. The van der Waals surface area contributed by atoms with Gasteiger partial charge in [0.15, 0.2) is 0 Å². The lowest BCUT2D eigenvalue weighted by atomic mass is 10.1. The third kappa shape index (κ3) is 3.17. The van der Waals surface area contributed by atoms with Crippen molar-refractivity contribution in [3.05, 3.63) is 52.7 Å². The van der Waals surface area contributed by atoms with Gasteiger partial charge in [0.25, 0.3) is 0 Å². The number of hydrogen-bond donors (Lipinski definition) is 1. The molecule has 0 aliphatic rings. The second-order valence-electron chi connectivity index (χ2n) is 4.81. The van der Waals surface area contributed by atoms with Gasteiger partial charge in [0.05, 0.1) is 5.39 Å². The van der Waals surface area contributed by atoms with Gasteiger partial charge in [-0.1, -0.05) is 31.2 Å². The van der Waals surface area contributed by atoms with E-state index in [4.69, 9.17) is 11.6 Å². The van der Waals surface area contributed by atoms with Crippen LogP contribution in [0.5, 0.6) is 0 Å². The number of fused-ring (bicyclic) bond motifs is 1. The lowest BCUT2D eigenvalue weighted by molar-refractivity contribution is 1.10. The molecule has 0 fully saturated rings. The number of aromatic nitrogens is 2. The highest BCUT2D eigenvalue weighted by Crippen LogP contribution is 2.28. The predicted molar refractivity (Wildman–Crippen MR) is 90.1 cm³/mol. The number of benzene rings is 1. The molecule has 108 valence electrons. The number of aryl methyl sites for hydroxylation is 1. The van der Waals surface area contributed by atoms with Gasteiger partial charge in [0.2, 0.25) is 0 Å². The maximum absolute atomic E-state index is 5.87. The molecular formula is C16H16ClN3S. The summed E-state index contributed by atoms with van der Waals surface area (Å²) in [5.74, 6) is 1.43. The summed E-state index contributed by atoms with van der Waals surface area (Å²) in [5, 5.41) is 4.51. The minimum atomic E-state index is 0.538. The van der Waals surface area contributed by atoms with Crippen molar-refractivity contribution in [3.8, 4) is 0 Å². The third-order valence-electron chi connectivity index (χ3n) is 3.33. The molecule has 3 nitrogen and oxygen atoms in total. The Morgan fingerprint density at radius 3 is 2.86 bits per heavy atom. The van der Waals surface area contributed by atoms with Crippen molar-refractivity contribution in [1.82, 2.24) is 9.97 Å². The Labute approximate surface area is 133 Å². The molecule has 0 aliphatic carbocycles. The van der Waals surface area contributed by atoms with Gasteiger partial charge in [-0.15, -0.1) is 22.9 Å². The highest BCUT2D eigenvalue weighted by atomic mass is 35.5. The van der Waals surface area contributed by atoms with Crippen LogP contribution in [0.3, 0.4) is 0 Å². The van der Waals surface area contributed by atoms with Crippen LogP contribution in [0.15, 0.2) is 36.7 Å². The summed E-state index contributed by atoms with van der Waals surface area (Å²) in [6.07, 6.45) is 2.65. The van der Waals surface area contributed by atoms with Crippen LogP contribution in [0.4, 0.5) is 5.82 Å². The number of thiophene rings is 1. The third-order valence-corrected chi connectivity index (χ3v) is 4.83. The lowest BCUT2D eigenvalue weighted by Crippen LogP contribution is -2.02. The van der Waals surface area contributed by atoms with E-state index in [1.807, 2.05) is 12.1 Å². The quantitative estimate of drug-likeness (QED) is 0.699. The first-order valence-corrected chi connectivity index (χ1v) is 8.26. The fourth-order valence-electron chi connectivity index (χ4n) is 2.23. The Kier molecular flexibility index (Phi) is 4.36. The van der Waals surface area contributed by atoms with Gasteiger partial charge in [-0.3, -0.25) is 0 Å². The number of halogens is 1. The summed E-state index contributed by atoms with van der Waals surface area (Å²) >= 11 is 7.60. The summed E-state index contributed by atoms with van der Waals surface area (Å²) in [4.78, 5) is 11.1. The van der Waals surface area contributed by atoms with E-state index in [1.54, 1.807) is 17.7 Å². The van der Waals surface area contributed by atoms with Crippen LogP contribution in [0.25, 0.3) is 10.2 Å². The highest BCUT2D eigenvalue weighted by Gasteiger charge is 2.07. The largest absolute Gasteiger partial charge is 0.365 e. The van der Waals surface area contributed by atoms with E-state index in [0.29, 0.717) is 5.88 Å². The first-order chi connectivity index (χ1) is 10.3. The standard InChI is InChI=1S/C16H16ClN3S/c1-2-13-7-14-15(19-10-20-16(14)21-13)18-9-12-5-3-4-11(6-12)8-17/h3-7,10H,2,8-9H2,1H3,(H,18,19,20). The Hall–Kier alpha value is -1.65. The lowest BCUT2D eigenvalue weighted by Gasteiger charge is -2.07. The SMILES string of the molecule is CCc1cc2c(NCc3cccc(CCl)c3)ncnc2s1. The molecule has 0 spiro atoms. The van der Waals surface area contributed by atoms with Gasteiger partial charge >= 0.3 is 0 Å². The smallest absolute Gasteiger partial charge is 0.138 e. The number of rotatable bonds is 5. The fourth-order valence-corrected chi connectivity index (χ4v) is 3.33. The Balaban J connectivity index is 1.82. The monoisotopic (exact) mass is 317 g/mol. The minimum absolute atomic E-state index is 0.538. The molecule has 0 saturated heterocycles. The van der Waals surface area contributed by atoms with E-state index < -0.39 is 0 Å². The molecule has 5 heteroatoms.